The lowest BCUT2D eigenvalue weighted by Gasteiger charge is -2.21. The number of halogens is 1. The Balaban J connectivity index is 1.49. The minimum absolute atomic E-state index is 0.0684. The maximum absolute atomic E-state index is 13.9. The first kappa shape index (κ1) is 20.0. The number of pyridine rings is 1. The van der Waals surface area contributed by atoms with Crippen LogP contribution in [0.1, 0.15) is 46.9 Å². The van der Waals surface area contributed by atoms with Crippen molar-refractivity contribution in [2.24, 2.45) is 0 Å². The molecule has 3 aromatic rings. The predicted octanol–water partition coefficient (Wildman–Crippen LogP) is 3.37. The predicted molar refractivity (Wildman–Crippen MR) is 108 cm³/mol. The van der Waals surface area contributed by atoms with Crippen molar-refractivity contribution >= 4 is 5.91 Å². The first-order valence-electron chi connectivity index (χ1n) is 9.84. The van der Waals surface area contributed by atoms with Gasteiger partial charge in [-0.05, 0) is 42.2 Å². The highest BCUT2D eigenvalue weighted by Crippen LogP contribution is 2.29. The van der Waals surface area contributed by atoms with Crippen LogP contribution in [0.2, 0.25) is 0 Å². The van der Waals surface area contributed by atoms with E-state index in [0.717, 1.165) is 5.69 Å². The minimum atomic E-state index is -0.345. The van der Waals surface area contributed by atoms with Gasteiger partial charge in [-0.2, -0.15) is 5.10 Å². The molecule has 156 valence electrons. The molecule has 0 saturated heterocycles. The van der Waals surface area contributed by atoms with E-state index in [2.05, 4.69) is 15.4 Å². The van der Waals surface area contributed by atoms with Crippen molar-refractivity contribution < 1.29 is 18.7 Å². The van der Waals surface area contributed by atoms with Crippen LogP contribution in [-0.4, -0.2) is 34.0 Å². The smallest absolute Gasteiger partial charge is 0.254 e. The van der Waals surface area contributed by atoms with E-state index in [1.165, 1.54) is 12.1 Å². The van der Waals surface area contributed by atoms with Crippen LogP contribution in [0.25, 0.3) is 5.82 Å². The van der Waals surface area contributed by atoms with E-state index in [1.54, 1.807) is 17.1 Å². The van der Waals surface area contributed by atoms with Crippen molar-refractivity contribution in [1.29, 1.82) is 0 Å². The average molecular weight is 410 g/mol. The van der Waals surface area contributed by atoms with Crippen molar-refractivity contribution in [2.45, 2.75) is 32.8 Å². The summed E-state index contributed by atoms with van der Waals surface area (Å²) in [5.74, 6) is 0.797. The largest absolute Gasteiger partial charge is 0.467 e. The summed E-state index contributed by atoms with van der Waals surface area (Å²) in [5, 5.41) is 7.29. The van der Waals surface area contributed by atoms with Gasteiger partial charge in [-0.3, -0.25) is 4.79 Å². The number of carbonyl (C=O) groups is 1. The Hall–Kier alpha value is -3.26. The molecule has 4 rings (SSSR count). The van der Waals surface area contributed by atoms with E-state index in [0.29, 0.717) is 47.8 Å². The summed E-state index contributed by atoms with van der Waals surface area (Å²) in [6.45, 7) is 4.81. The molecule has 8 heteroatoms. The molecule has 0 fully saturated rings. The third-order valence-electron chi connectivity index (χ3n) is 4.90. The zero-order valence-electron chi connectivity index (χ0n) is 16.9. The summed E-state index contributed by atoms with van der Waals surface area (Å²) < 4.78 is 26.3. The van der Waals surface area contributed by atoms with Gasteiger partial charge in [0, 0.05) is 18.3 Å². The molecule has 1 aliphatic rings. The zero-order chi connectivity index (χ0) is 21.1. The standard InChI is InChI=1S/C22H23FN4O3/c1-14(2)20-18(11-26-27(20)19-5-3-4-7-24-19)22(28)25-8-6-15-9-17(23)10-16-12-29-13-30-21(15)16/h3-5,7,9-11,14H,6,8,12-13H2,1-2H3,(H,25,28). The number of ether oxygens (including phenoxy) is 2. The number of nitrogens with one attached hydrogen (secondary N) is 1. The van der Waals surface area contributed by atoms with Crippen molar-refractivity contribution in [3.63, 3.8) is 0 Å². The topological polar surface area (TPSA) is 78.3 Å². The van der Waals surface area contributed by atoms with E-state index >= 15 is 0 Å². The Morgan fingerprint density at radius 2 is 2.20 bits per heavy atom. The summed E-state index contributed by atoms with van der Waals surface area (Å²) in [5.41, 5.74) is 2.68. The third kappa shape index (κ3) is 4.04. The lowest BCUT2D eigenvalue weighted by Crippen LogP contribution is -2.27. The second kappa shape index (κ2) is 8.62. The molecular formula is C22H23FN4O3. The fraction of sp³-hybridized carbons (Fsp3) is 0.318. The van der Waals surface area contributed by atoms with Gasteiger partial charge in [-0.1, -0.05) is 19.9 Å². The summed E-state index contributed by atoms with van der Waals surface area (Å²) in [4.78, 5) is 17.2. The third-order valence-corrected chi connectivity index (χ3v) is 4.90. The van der Waals surface area contributed by atoms with Crippen LogP contribution in [0.5, 0.6) is 5.75 Å². The van der Waals surface area contributed by atoms with Crippen LogP contribution in [0.4, 0.5) is 4.39 Å². The first-order chi connectivity index (χ1) is 14.5. The van der Waals surface area contributed by atoms with Gasteiger partial charge >= 0.3 is 0 Å². The van der Waals surface area contributed by atoms with Crippen molar-refractivity contribution in [3.8, 4) is 11.6 Å². The Labute approximate surface area is 173 Å². The van der Waals surface area contributed by atoms with Crippen molar-refractivity contribution in [2.75, 3.05) is 13.3 Å². The summed E-state index contributed by atoms with van der Waals surface area (Å²) in [6, 6.07) is 8.40. The van der Waals surface area contributed by atoms with E-state index in [1.807, 2.05) is 32.0 Å². The molecule has 0 aliphatic carbocycles. The molecule has 0 saturated carbocycles. The molecule has 0 atom stereocenters. The Morgan fingerprint density at radius 3 is 2.97 bits per heavy atom. The number of carbonyl (C=O) groups excluding carboxylic acids is 1. The molecule has 7 nitrogen and oxygen atoms in total. The van der Waals surface area contributed by atoms with E-state index in [9.17, 15) is 9.18 Å². The Morgan fingerprint density at radius 1 is 1.33 bits per heavy atom. The molecule has 0 unspecified atom stereocenters. The Kier molecular flexibility index (Phi) is 5.76. The molecule has 1 N–H and O–H groups in total. The van der Waals surface area contributed by atoms with Gasteiger partial charge in [0.15, 0.2) is 12.6 Å². The van der Waals surface area contributed by atoms with Gasteiger partial charge in [-0.25, -0.2) is 14.1 Å². The van der Waals surface area contributed by atoms with Gasteiger partial charge in [-0.15, -0.1) is 0 Å². The molecule has 0 radical (unpaired) electrons. The SMILES string of the molecule is CC(C)c1c(C(=O)NCCc2cc(F)cc3c2OCOC3)cnn1-c1ccccn1. The number of aromatic nitrogens is 3. The maximum Gasteiger partial charge on any atom is 0.254 e. The lowest BCUT2D eigenvalue weighted by atomic mass is 10.0. The highest BCUT2D eigenvalue weighted by Gasteiger charge is 2.22. The molecular weight excluding hydrogens is 387 g/mol. The molecule has 3 heterocycles. The number of hydrogen-bond acceptors (Lipinski definition) is 5. The second-order valence-corrected chi connectivity index (χ2v) is 7.37. The monoisotopic (exact) mass is 410 g/mol. The summed E-state index contributed by atoms with van der Waals surface area (Å²) >= 11 is 0. The molecule has 1 amide bonds. The number of rotatable bonds is 6. The zero-order valence-corrected chi connectivity index (χ0v) is 16.9. The van der Waals surface area contributed by atoms with E-state index < -0.39 is 0 Å². The van der Waals surface area contributed by atoms with Gasteiger partial charge in [0.1, 0.15) is 11.6 Å². The van der Waals surface area contributed by atoms with Gasteiger partial charge in [0.25, 0.3) is 5.91 Å². The minimum Gasteiger partial charge on any atom is -0.467 e. The molecule has 0 spiro atoms. The number of amides is 1. The number of fused-ring (bicyclic) bond motifs is 1. The van der Waals surface area contributed by atoms with Gasteiger partial charge < -0.3 is 14.8 Å². The molecule has 0 bridgehead atoms. The van der Waals surface area contributed by atoms with Crippen molar-refractivity contribution in [1.82, 2.24) is 20.1 Å². The fourth-order valence-corrected chi connectivity index (χ4v) is 3.60. The van der Waals surface area contributed by atoms with Crippen LogP contribution in [-0.2, 0) is 17.8 Å². The fourth-order valence-electron chi connectivity index (χ4n) is 3.60. The van der Waals surface area contributed by atoms with Crippen molar-refractivity contribution in [3.05, 3.63) is 70.9 Å². The molecule has 1 aliphatic heterocycles. The van der Waals surface area contributed by atoms with Gasteiger partial charge in [0.05, 0.1) is 24.1 Å². The lowest BCUT2D eigenvalue weighted by molar-refractivity contribution is -0.0172. The number of hydrogen-bond donors (Lipinski definition) is 1. The summed E-state index contributed by atoms with van der Waals surface area (Å²) in [6.07, 6.45) is 3.69. The second-order valence-electron chi connectivity index (χ2n) is 7.37. The number of benzene rings is 1. The van der Waals surface area contributed by atoms with Crippen LogP contribution < -0.4 is 10.1 Å². The van der Waals surface area contributed by atoms with Crippen LogP contribution in [0, 0.1) is 5.82 Å². The molecule has 2 aromatic heterocycles. The van der Waals surface area contributed by atoms with Gasteiger partial charge in [0.2, 0.25) is 0 Å². The van der Waals surface area contributed by atoms with E-state index in [-0.39, 0.29) is 24.4 Å². The van der Waals surface area contributed by atoms with Crippen LogP contribution >= 0.6 is 0 Å². The van der Waals surface area contributed by atoms with E-state index in [4.69, 9.17) is 9.47 Å². The highest BCUT2D eigenvalue weighted by molar-refractivity contribution is 5.95. The Bertz CT molecular complexity index is 1050. The maximum atomic E-state index is 13.9. The number of nitrogens with zero attached hydrogens (tertiary/aromatic N) is 3. The normalized spacial score (nSPS) is 13.1. The molecule has 30 heavy (non-hydrogen) atoms. The van der Waals surface area contributed by atoms with Crippen LogP contribution in [0.3, 0.4) is 0 Å². The first-order valence-corrected chi connectivity index (χ1v) is 9.84. The highest BCUT2D eigenvalue weighted by atomic mass is 19.1. The van der Waals surface area contributed by atoms with Crippen LogP contribution in [0.15, 0.2) is 42.7 Å². The molecule has 1 aromatic carbocycles. The summed E-state index contributed by atoms with van der Waals surface area (Å²) in [7, 11) is 0. The average Bonchev–Trinajstić information content (AvgIpc) is 3.20. The quantitative estimate of drug-likeness (QED) is 0.674.